The van der Waals surface area contributed by atoms with Gasteiger partial charge in [0.2, 0.25) is 0 Å². The van der Waals surface area contributed by atoms with Crippen molar-refractivity contribution in [3.63, 3.8) is 0 Å². The van der Waals surface area contributed by atoms with Crippen molar-refractivity contribution in [3.8, 4) is 0 Å². The third-order valence-corrected chi connectivity index (χ3v) is 3.86. The third kappa shape index (κ3) is 3.33. The first kappa shape index (κ1) is 14.9. The molecule has 104 valence electrons. The number of H-pyrrole nitrogens is 1. The molecule has 0 saturated carbocycles. The van der Waals surface area contributed by atoms with Crippen molar-refractivity contribution in [1.29, 1.82) is 0 Å². The van der Waals surface area contributed by atoms with Crippen LogP contribution in [-0.4, -0.2) is 55.5 Å². The monoisotopic (exact) mass is 354 g/mol. The zero-order chi connectivity index (χ0) is 14.8. The summed E-state index contributed by atoms with van der Waals surface area (Å²) >= 11 is 2.42. The van der Waals surface area contributed by atoms with E-state index in [1.165, 1.54) is 6.92 Å². The van der Waals surface area contributed by atoms with E-state index in [1.807, 2.05) is 18.3 Å². The van der Waals surface area contributed by atoms with Gasteiger partial charge in [0.25, 0.3) is 10.1 Å². The fraction of sp³-hybridized carbons (Fsp3) is 0.182. The molecule has 0 saturated heterocycles. The van der Waals surface area contributed by atoms with Gasteiger partial charge in [-0.15, -0.1) is 0 Å². The summed E-state index contributed by atoms with van der Waals surface area (Å²) in [5.41, 5.74) is 3.58. The Morgan fingerprint density at radius 1 is 1.35 bits per heavy atom. The van der Waals surface area contributed by atoms with Gasteiger partial charge in [-0.3, -0.25) is 4.55 Å². The van der Waals surface area contributed by atoms with E-state index in [0.717, 1.165) is 26.5 Å². The van der Waals surface area contributed by atoms with Gasteiger partial charge >= 0.3 is 88.0 Å². The van der Waals surface area contributed by atoms with Crippen LogP contribution in [-0.2, 0) is 10.1 Å². The Labute approximate surface area is 124 Å². The number of aromatic amines is 1. The predicted molar refractivity (Wildman–Crippen MR) is 76.7 cm³/mol. The number of rotatable bonds is 1. The fourth-order valence-electron chi connectivity index (χ4n) is 1.49. The Kier molecular flexibility index (Phi) is 4.37. The van der Waals surface area contributed by atoms with Crippen molar-refractivity contribution in [2.45, 2.75) is 6.92 Å². The maximum atomic E-state index is 9.56. The van der Waals surface area contributed by atoms with E-state index < -0.39 is 10.1 Å². The van der Waals surface area contributed by atoms with Crippen molar-refractivity contribution in [2.75, 3.05) is 5.75 Å². The molecule has 3 aromatic rings. The number of aromatic nitrogens is 4. The Morgan fingerprint density at radius 3 is 2.65 bits per heavy atom. The van der Waals surface area contributed by atoms with Crippen LogP contribution in [0, 0.1) is 0 Å². The molecule has 9 heteroatoms. The van der Waals surface area contributed by atoms with Crippen LogP contribution in [0.2, 0.25) is 0 Å². The number of hydrogen-bond donors (Lipinski definition) is 2. The molecule has 0 bridgehead atoms. The van der Waals surface area contributed by atoms with Crippen LogP contribution < -0.4 is 4.48 Å². The Balaban J connectivity index is 0.000000212. The molecular weight excluding hydrogens is 343 g/mol. The summed E-state index contributed by atoms with van der Waals surface area (Å²) in [6.45, 7) is 1.37. The van der Waals surface area contributed by atoms with Crippen LogP contribution in [0.4, 0.5) is 0 Å². The summed E-state index contributed by atoms with van der Waals surface area (Å²) in [6, 6.07) is 3.88. The quantitative estimate of drug-likeness (QED) is 0.477. The van der Waals surface area contributed by atoms with E-state index in [4.69, 9.17) is 4.55 Å². The molecule has 0 spiro atoms. The molecule has 3 rings (SSSR count). The van der Waals surface area contributed by atoms with Crippen molar-refractivity contribution < 1.29 is 13.0 Å². The van der Waals surface area contributed by atoms with Crippen molar-refractivity contribution in [2.24, 2.45) is 0 Å². The van der Waals surface area contributed by atoms with Gasteiger partial charge in [0.05, 0.1) is 5.75 Å². The molecule has 0 aliphatic carbocycles. The van der Waals surface area contributed by atoms with Gasteiger partial charge in [-0.1, -0.05) is 0 Å². The maximum absolute atomic E-state index is 9.56. The van der Waals surface area contributed by atoms with Crippen LogP contribution in [0.5, 0.6) is 0 Å². The van der Waals surface area contributed by atoms with Crippen molar-refractivity contribution >= 4 is 53.5 Å². The van der Waals surface area contributed by atoms with Crippen molar-refractivity contribution in [1.82, 2.24) is 19.9 Å². The summed E-state index contributed by atoms with van der Waals surface area (Å²) in [5.74, 6) is -0.201. The van der Waals surface area contributed by atoms with E-state index in [-0.39, 0.29) is 5.75 Å². The molecule has 7 nitrogen and oxygen atoms in total. The molecule has 2 N–H and O–H groups in total. The second-order valence-corrected chi connectivity index (χ2v) is 6.44. The number of imidazole rings is 1. The summed E-state index contributed by atoms with van der Waals surface area (Å²) in [7, 11) is -3.66. The van der Waals surface area contributed by atoms with Crippen LogP contribution in [0.3, 0.4) is 0 Å². The summed E-state index contributed by atoms with van der Waals surface area (Å²) in [6.07, 6.45) is 3.42. The Bertz CT molecular complexity index is 847. The zero-order valence-corrected chi connectivity index (χ0v) is 13.2. The first-order chi connectivity index (χ1) is 9.42. The molecule has 20 heavy (non-hydrogen) atoms. The standard InChI is InChI=1S/C9H5AsN4.C2H6O3S/c10-9-8-7(12-4-13-8)6-5(14-9)2-1-3-11-6;1-2-6(3,4)5/h1-4,11H;2H2,1H3,(H,3,4,5). The van der Waals surface area contributed by atoms with E-state index in [2.05, 4.69) is 36.8 Å². The van der Waals surface area contributed by atoms with Crippen LogP contribution >= 0.6 is 0 Å². The Morgan fingerprint density at radius 2 is 2.00 bits per heavy atom. The van der Waals surface area contributed by atoms with Gasteiger partial charge in [-0.2, -0.15) is 8.42 Å². The molecule has 0 atom stereocenters. The molecule has 0 aromatic carbocycles. The van der Waals surface area contributed by atoms with Gasteiger partial charge in [0.15, 0.2) is 0 Å². The van der Waals surface area contributed by atoms with E-state index in [0.29, 0.717) is 0 Å². The number of hydrogen-bond acceptors (Lipinski definition) is 5. The molecular formula is C11H11AsN4O3S. The summed E-state index contributed by atoms with van der Waals surface area (Å²) in [4.78, 5) is 15.9. The van der Waals surface area contributed by atoms with Crippen molar-refractivity contribution in [3.05, 3.63) is 24.7 Å². The molecule has 0 unspecified atom stereocenters. The van der Waals surface area contributed by atoms with Gasteiger partial charge in [0.1, 0.15) is 0 Å². The summed E-state index contributed by atoms with van der Waals surface area (Å²) in [5, 5.41) is 0. The first-order valence-electron chi connectivity index (χ1n) is 5.64. The molecule has 3 aromatic heterocycles. The minimum absolute atomic E-state index is 0.201. The second kappa shape index (κ2) is 5.86. The van der Waals surface area contributed by atoms with Gasteiger partial charge in [-0.25, -0.2) is 0 Å². The van der Waals surface area contributed by atoms with E-state index >= 15 is 0 Å². The first-order valence-corrected chi connectivity index (χ1v) is 8.19. The number of pyridine rings is 2. The van der Waals surface area contributed by atoms with Gasteiger partial charge < -0.3 is 0 Å². The molecule has 0 aliphatic rings. The fourth-order valence-corrected chi connectivity index (χ4v) is 2.06. The number of fused-ring (bicyclic) bond motifs is 3. The van der Waals surface area contributed by atoms with Gasteiger partial charge in [-0.05, 0) is 6.92 Å². The molecule has 0 aliphatic heterocycles. The predicted octanol–water partition coefficient (Wildman–Crippen LogP) is 0.194. The second-order valence-electron chi connectivity index (χ2n) is 3.81. The van der Waals surface area contributed by atoms with Crippen LogP contribution in [0.25, 0.3) is 22.1 Å². The average molecular weight is 354 g/mol. The average Bonchev–Trinajstić information content (AvgIpc) is 2.89. The van der Waals surface area contributed by atoms with E-state index in [1.54, 1.807) is 6.33 Å². The normalized spacial score (nSPS) is 11.3. The van der Waals surface area contributed by atoms with Crippen LogP contribution in [0.1, 0.15) is 6.92 Å². The SMILES string of the molecule is CCS(=O)(=O)O.[As]c1nc2ccc[nH]c2c2ncnc12. The third-order valence-electron chi connectivity index (χ3n) is 2.47. The molecule has 0 fully saturated rings. The van der Waals surface area contributed by atoms with E-state index in [9.17, 15) is 8.42 Å². The minimum atomic E-state index is -3.66. The summed E-state index contributed by atoms with van der Waals surface area (Å²) < 4.78 is 27.8. The van der Waals surface area contributed by atoms with Gasteiger partial charge in [0, 0.05) is 0 Å². The van der Waals surface area contributed by atoms with Crippen LogP contribution in [0.15, 0.2) is 24.7 Å². The topological polar surface area (TPSA) is 109 Å². The Hall–Kier alpha value is -1.50. The molecule has 3 heterocycles. The number of nitrogens with one attached hydrogen (secondary N) is 1. The zero-order valence-electron chi connectivity index (χ0n) is 10.5. The molecule has 0 amide bonds. The number of nitrogens with zero attached hydrogens (tertiary/aromatic N) is 3. The molecule has 2 radical (unpaired) electrons.